The van der Waals surface area contributed by atoms with Gasteiger partial charge in [-0.1, -0.05) is 19.9 Å². The molecule has 0 radical (unpaired) electrons. The first-order valence-corrected chi connectivity index (χ1v) is 6.83. The molecule has 1 N–H and O–H groups in total. The minimum absolute atomic E-state index is 0.358. The van der Waals surface area contributed by atoms with Crippen LogP contribution in [0.25, 0.3) is 0 Å². The van der Waals surface area contributed by atoms with Gasteiger partial charge in [0.15, 0.2) is 0 Å². The summed E-state index contributed by atoms with van der Waals surface area (Å²) in [7, 11) is 0. The Morgan fingerprint density at radius 1 is 1.29 bits per heavy atom. The van der Waals surface area contributed by atoms with Gasteiger partial charge in [0.2, 0.25) is 0 Å². The van der Waals surface area contributed by atoms with Crippen molar-refractivity contribution in [1.82, 2.24) is 10.3 Å². The molecule has 1 heterocycles. The largest absolute Gasteiger partial charge is 0.306 e. The van der Waals surface area contributed by atoms with E-state index in [0.717, 1.165) is 17.5 Å². The zero-order valence-corrected chi connectivity index (χ0v) is 11.2. The van der Waals surface area contributed by atoms with Crippen LogP contribution in [0.3, 0.4) is 0 Å². The van der Waals surface area contributed by atoms with Gasteiger partial charge in [-0.2, -0.15) is 0 Å². The Hall–Kier alpha value is -0.890. The SMILES string of the molecule is CC1CCC(N[C@H](C)c2ccccn2)C(C)C1. The standard InChI is InChI=1S/C15H24N2/c1-11-7-8-14(12(2)10-11)17-13(3)15-6-4-5-9-16-15/h4-6,9,11-14,17H,7-8,10H2,1-3H3/t11?,12?,13-,14?/m1/s1. The molecular weight excluding hydrogens is 208 g/mol. The Labute approximate surface area is 105 Å². The first-order chi connectivity index (χ1) is 8.16. The Morgan fingerprint density at radius 3 is 2.76 bits per heavy atom. The van der Waals surface area contributed by atoms with Crippen LogP contribution in [-0.4, -0.2) is 11.0 Å². The Balaban J connectivity index is 1.93. The van der Waals surface area contributed by atoms with Gasteiger partial charge in [0.1, 0.15) is 0 Å². The second-order valence-corrected chi connectivity index (χ2v) is 5.64. The van der Waals surface area contributed by atoms with E-state index in [0.29, 0.717) is 12.1 Å². The lowest BCUT2D eigenvalue weighted by Gasteiger charge is -2.35. The third-order valence-electron chi connectivity index (χ3n) is 4.03. The highest BCUT2D eigenvalue weighted by Gasteiger charge is 2.26. The van der Waals surface area contributed by atoms with Gasteiger partial charge in [0.05, 0.1) is 5.69 Å². The second-order valence-electron chi connectivity index (χ2n) is 5.64. The lowest BCUT2D eigenvalue weighted by atomic mass is 9.79. The number of rotatable bonds is 3. The molecule has 0 aromatic carbocycles. The first kappa shape index (κ1) is 12.6. The van der Waals surface area contributed by atoms with E-state index in [2.05, 4.69) is 43.2 Å². The van der Waals surface area contributed by atoms with Crippen molar-refractivity contribution in [2.24, 2.45) is 11.8 Å². The van der Waals surface area contributed by atoms with Crippen molar-refractivity contribution in [3.63, 3.8) is 0 Å². The summed E-state index contributed by atoms with van der Waals surface area (Å²) >= 11 is 0. The van der Waals surface area contributed by atoms with E-state index in [1.54, 1.807) is 0 Å². The first-order valence-electron chi connectivity index (χ1n) is 6.83. The van der Waals surface area contributed by atoms with E-state index in [-0.39, 0.29) is 0 Å². The van der Waals surface area contributed by atoms with E-state index < -0.39 is 0 Å². The van der Waals surface area contributed by atoms with Gasteiger partial charge in [-0.25, -0.2) is 0 Å². The Bertz CT molecular complexity index is 336. The number of pyridine rings is 1. The summed E-state index contributed by atoms with van der Waals surface area (Å²) < 4.78 is 0. The van der Waals surface area contributed by atoms with E-state index >= 15 is 0 Å². The molecule has 1 aliphatic rings. The number of hydrogen-bond donors (Lipinski definition) is 1. The fourth-order valence-corrected chi connectivity index (χ4v) is 2.95. The predicted molar refractivity (Wildman–Crippen MR) is 71.8 cm³/mol. The average Bonchev–Trinajstić information content (AvgIpc) is 2.34. The van der Waals surface area contributed by atoms with Crippen molar-refractivity contribution in [3.05, 3.63) is 30.1 Å². The minimum Gasteiger partial charge on any atom is -0.306 e. The summed E-state index contributed by atoms with van der Waals surface area (Å²) in [4.78, 5) is 4.42. The summed E-state index contributed by atoms with van der Waals surface area (Å²) in [6.45, 7) is 6.96. The average molecular weight is 232 g/mol. The van der Waals surface area contributed by atoms with Crippen LogP contribution in [0.15, 0.2) is 24.4 Å². The molecule has 2 rings (SSSR count). The van der Waals surface area contributed by atoms with Gasteiger partial charge in [0, 0.05) is 18.3 Å². The van der Waals surface area contributed by atoms with Crippen LogP contribution >= 0.6 is 0 Å². The third kappa shape index (κ3) is 3.29. The fraction of sp³-hybridized carbons (Fsp3) is 0.667. The third-order valence-corrected chi connectivity index (χ3v) is 4.03. The molecule has 1 aromatic heterocycles. The van der Waals surface area contributed by atoms with Crippen LogP contribution < -0.4 is 5.32 Å². The van der Waals surface area contributed by atoms with Crippen molar-refractivity contribution in [2.45, 2.75) is 52.1 Å². The van der Waals surface area contributed by atoms with Crippen molar-refractivity contribution in [3.8, 4) is 0 Å². The summed E-state index contributed by atoms with van der Waals surface area (Å²) in [5.74, 6) is 1.68. The Morgan fingerprint density at radius 2 is 2.12 bits per heavy atom. The molecule has 1 aliphatic carbocycles. The number of nitrogens with zero attached hydrogens (tertiary/aromatic N) is 1. The van der Waals surface area contributed by atoms with Gasteiger partial charge < -0.3 is 5.32 Å². The molecule has 94 valence electrons. The summed E-state index contributed by atoms with van der Waals surface area (Å²) in [6, 6.07) is 7.15. The summed E-state index contributed by atoms with van der Waals surface area (Å²) in [5.41, 5.74) is 1.15. The normalized spacial score (nSPS) is 31.1. The van der Waals surface area contributed by atoms with Gasteiger partial charge in [-0.05, 0) is 50.2 Å². The van der Waals surface area contributed by atoms with Gasteiger partial charge in [-0.3, -0.25) is 4.98 Å². The molecule has 4 atom stereocenters. The Kier molecular flexibility index (Phi) is 4.16. The molecule has 1 fully saturated rings. The second kappa shape index (κ2) is 5.63. The van der Waals surface area contributed by atoms with Crippen LogP contribution in [0.5, 0.6) is 0 Å². The van der Waals surface area contributed by atoms with Gasteiger partial charge in [0.25, 0.3) is 0 Å². The van der Waals surface area contributed by atoms with Crippen molar-refractivity contribution < 1.29 is 0 Å². The van der Waals surface area contributed by atoms with E-state index in [1.165, 1.54) is 19.3 Å². The minimum atomic E-state index is 0.358. The van der Waals surface area contributed by atoms with E-state index in [9.17, 15) is 0 Å². The topological polar surface area (TPSA) is 24.9 Å². The fourth-order valence-electron chi connectivity index (χ4n) is 2.95. The highest BCUT2D eigenvalue weighted by molar-refractivity contribution is 5.08. The maximum absolute atomic E-state index is 4.42. The number of hydrogen-bond acceptors (Lipinski definition) is 2. The molecule has 0 bridgehead atoms. The molecule has 3 unspecified atom stereocenters. The molecule has 17 heavy (non-hydrogen) atoms. The summed E-state index contributed by atoms with van der Waals surface area (Å²) in [6.07, 6.45) is 5.89. The van der Waals surface area contributed by atoms with Crippen molar-refractivity contribution in [2.75, 3.05) is 0 Å². The van der Waals surface area contributed by atoms with Gasteiger partial charge in [-0.15, -0.1) is 0 Å². The number of nitrogens with one attached hydrogen (secondary N) is 1. The zero-order valence-electron chi connectivity index (χ0n) is 11.2. The van der Waals surface area contributed by atoms with Crippen molar-refractivity contribution >= 4 is 0 Å². The van der Waals surface area contributed by atoms with E-state index in [1.807, 2.05) is 12.3 Å². The van der Waals surface area contributed by atoms with Crippen LogP contribution in [0.2, 0.25) is 0 Å². The number of aromatic nitrogens is 1. The van der Waals surface area contributed by atoms with Crippen LogP contribution in [0.4, 0.5) is 0 Å². The highest BCUT2D eigenvalue weighted by atomic mass is 15.0. The summed E-state index contributed by atoms with van der Waals surface area (Å²) in [5, 5.41) is 3.74. The molecule has 0 aliphatic heterocycles. The van der Waals surface area contributed by atoms with Crippen molar-refractivity contribution in [1.29, 1.82) is 0 Å². The van der Waals surface area contributed by atoms with Crippen LogP contribution in [-0.2, 0) is 0 Å². The molecule has 0 spiro atoms. The molecule has 1 aromatic rings. The molecular formula is C15H24N2. The van der Waals surface area contributed by atoms with Crippen LogP contribution in [0.1, 0.15) is 51.8 Å². The highest BCUT2D eigenvalue weighted by Crippen LogP contribution is 2.29. The molecule has 2 heteroatoms. The quantitative estimate of drug-likeness (QED) is 0.862. The monoisotopic (exact) mass is 232 g/mol. The van der Waals surface area contributed by atoms with Gasteiger partial charge >= 0.3 is 0 Å². The lowest BCUT2D eigenvalue weighted by molar-refractivity contribution is 0.215. The smallest absolute Gasteiger partial charge is 0.0570 e. The molecule has 0 amide bonds. The van der Waals surface area contributed by atoms with E-state index in [4.69, 9.17) is 0 Å². The maximum atomic E-state index is 4.42. The van der Waals surface area contributed by atoms with Crippen LogP contribution in [0, 0.1) is 11.8 Å². The maximum Gasteiger partial charge on any atom is 0.0570 e. The lowest BCUT2D eigenvalue weighted by Crippen LogP contribution is -2.40. The predicted octanol–water partition coefficient (Wildman–Crippen LogP) is 3.56. The molecule has 0 saturated heterocycles. The molecule has 2 nitrogen and oxygen atoms in total. The zero-order chi connectivity index (χ0) is 12.3. The molecule has 1 saturated carbocycles.